The third-order valence-corrected chi connectivity index (χ3v) is 4.72. The second-order valence-electron chi connectivity index (χ2n) is 4.55. The molecule has 0 fully saturated rings. The molecule has 2 N–H and O–H groups in total. The molecule has 4 heteroatoms. The van der Waals surface area contributed by atoms with Crippen molar-refractivity contribution in [2.75, 3.05) is 11.5 Å². The molecule has 98 valence electrons. The molecule has 2 aromatic carbocycles. The van der Waals surface area contributed by atoms with E-state index in [1.54, 1.807) is 17.8 Å². The Morgan fingerprint density at radius 2 is 2.11 bits per heavy atom. The minimum Gasteiger partial charge on any atom is -0.489 e. The number of nitrogen functional groups attached to an aromatic ring is 1. The van der Waals surface area contributed by atoms with Gasteiger partial charge in [0, 0.05) is 22.8 Å². The summed E-state index contributed by atoms with van der Waals surface area (Å²) < 4.78 is 5.90. The summed E-state index contributed by atoms with van der Waals surface area (Å²) in [5.74, 6) is 1.90. The van der Waals surface area contributed by atoms with Crippen molar-refractivity contribution in [1.82, 2.24) is 0 Å². The van der Waals surface area contributed by atoms with Crippen molar-refractivity contribution in [2.24, 2.45) is 0 Å². The number of benzene rings is 2. The van der Waals surface area contributed by atoms with Gasteiger partial charge in [-0.1, -0.05) is 29.8 Å². The average Bonchev–Trinajstić information content (AvgIpc) is 2.80. The molecule has 0 radical (unpaired) electrons. The quantitative estimate of drug-likeness (QED) is 0.685. The Hall–Kier alpha value is -1.32. The molecular formula is C15H14ClNOS. The van der Waals surface area contributed by atoms with Gasteiger partial charge in [-0.2, -0.15) is 0 Å². The number of thioether (sulfide) groups is 1. The molecule has 0 aliphatic carbocycles. The summed E-state index contributed by atoms with van der Waals surface area (Å²) in [6, 6.07) is 13.8. The first-order valence-corrected chi connectivity index (χ1v) is 7.51. The lowest BCUT2D eigenvalue weighted by molar-refractivity contribution is 0.259. The van der Waals surface area contributed by atoms with Gasteiger partial charge >= 0.3 is 0 Å². The Labute approximate surface area is 121 Å². The Kier molecular flexibility index (Phi) is 3.58. The first-order chi connectivity index (χ1) is 9.22. The van der Waals surface area contributed by atoms with Gasteiger partial charge in [0.05, 0.1) is 5.02 Å². The summed E-state index contributed by atoms with van der Waals surface area (Å²) in [4.78, 5) is 1.05. The maximum absolute atomic E-state index is 6.16. The fourth-order valence-corrected chi connectivity index (χ4v) is 3.43. The topological polar surface area (TPSA) is 35.2 Å². The summed E-state index contributed by atoms with van der Waals surface area (Å²) in [7, 11) is 0. The van der Waals surface area contributed by atoms with Gasteiger partial charge in [-0.05, 0) is 29.8 Å². The minimum absolute atomic E-state index is 0.219. The van der Waals surface area contributed by atoms with Gasteiger partial charge in [0.15, 0.2) is 0 Å². The number of anilines is 1. The maximum atomic E-state index is 6.16. The highest BCUT2D eigenvalue weighted by Gasteiger charge is 2.22. The van der Waals surface area contributed by atoms with Crippen molar-refractivity contribution in [2.45, 2.75) is 17.4 Å². The fraction of sp³-hybridized carbons (Fsp3) is 0.200. The van der Waals surface area contributed by atoms with Crippen LogP contribution in [-0.2, 0) is 6.42 Å². The van der Waals surface area contributed by atoms with E-state index in [1.807, 2.05) is 24.3 Å². The van der Waals surface area contributed by atoms with E-state index in [0.29, 0.717) is 10.7 Å². The number of nitrogens with two attached hydrogens (primary N) is 1. The van der Waals surface area contributed by atoms with E-state index in [2.05, 4.69) is 12.1 Å². The van der Waals surface area contributed by atoms with Gasteiger partial charge < -0.3 is 10.5 Å². The van der Waals surface area contributed by atoms with Crippen molar-refractivity contribution in [3.63, 3.8) is 0 Å². The van der Waals surface area contributed by atoms with E-state index < -0.39 is 0 Å². The number of hydrogen-bond acceptors (Lipinski definition) is 3. The van der Waals surface area contributed by atoms with Gasteiger partial charge in [0.25, 0.3) is 0 Å². The van der Waals surface area contributed by atoms with Gasteiger partial charge in [-0.15, -0.1) is 11.8 Å². The van der Waals surface area contributed by atoms with E-state index in [1.165, 1.54) is 5.56 Å². The van der Waals surface area contributed by atoms with Gasteiger partial charge in [0.1, 0.15) is 11.9 Å². The monoisotopic (exact) mass is 291 g/mol. The molecule has 2 aromatic rings. The number of halogens is 1. The highest BCUT2D eigenvalue weighted by atomic mass is 35.5. The molecule has 1 aliphatic rings. The van der Waals surface area contributed by atoms with Gasteiger partial charge in [-0.25, -0.2) is 0 Å². The molecule has 0 saturated carbocycles. The lowest BCUT2D eigenvalue weighted by Gasteiger charge is -2.11. The average molecular weight is 292 g/mol. The summed E-state index contributed by atoms with van der Waals surface area (Å²) in [5, 5.41) is 0.709. The molecule has 0 bridgehead atoms. The van der Waals surface area contributed by atoms with Crippen LogP contribution < -0.4 is 10.5 Å². The summed E-state index contributed by atoms with van der Waals surface area (Å²) in [6.45, 7) is 0. The van der Waals surface area contributed by atoms with Crippen LogP contribution in [-0.4, -0.2) is 11.9 Å². The zero-order valence-corrected chi connectivity index (χ0v) is 11.9. The third kappa shape index (κ3) is 2.82. The number of rotatable bonds is 3. The zero-order valence-electron chi connectivity index (χ0n) is 10.3. The lowest BCUT2D eigenvalue weighted by atomic mass is 10.1. The standard InChI is InChI=1S/C15H14ClNOS/c16-13-8-11(17)5-6-15(13)19-9-12-7-10-3-1-2-4-14(10)18-12/h1-6,8,12H,7,9,17H2. The Balaban J connectivity index is 1.63. The van der Waals surface area contributed by atoms with Crippen LogP contribution in [0.2, 0.25) is 5.02 Å². The molecule has 0 amide bonds. The smallest absolute Gasteiger partial charge is 0.123 e. The number of ether oxygens (including phenoxy) is 1. The van der Waals surface area contributed by atoms with Crippen LogP contribution in [0.25, 0.3) is 0 Å². The van der Waals surface area contributed by atoms with Crippen LogP contribution in [0.3, 0.4) is 0 Å². The summed E-state index contributed by atoms with van der Waals surface area (Å²) >= 11 is 7.87. The molecule has 0 saturated heterocycles. The van der Waals surface area contributed by atoms with Crippen LogP contribution in [0.15, 0.2) is 47.4 Å². The molecule has 0 aromatic heterocycles. The van der Waals surface area contributed by atoms with Crippen molar-refractivity contribution >= 4 is 29.1 Å². The highest BCUT2D eigenvalue weighted by molar-refractivity contribution is 7.99. The minimum atomic E-state index is 0.219. The third-order valence-electron chi connectivity index (χ3n) is 3.09. The maximum Gasteiger partial charge on any atom is 0.123 e. The Bertz CT molecular complexity index is 577. The lowest BCUT2D eigenvalue weighted by Crippen LogP contribution is -2.15. The predicted molar refractivity (Wildman–Crippen MR) is 81.2 cm³/mol. The molecule has 1 aliphatic heterocycles. The molecule has 19 heavy (non-hydrogen) atoms. The second-order valence-corrected chi connectivity index (χ2v) is 6.02. The van der Waals surface area contributed by atoms with E-state index in [-0.39, 0.29) is 6.10 Å². The van der Waals surface area contributed by atoms with Gasteiger partial charge in [0.2, 0.25) is 0 Å². The predicted octanol–water partition coefficient (Wildman–Crippen LogP) is 4.02. The van der Waals surface area contributed by atoms with Crippen molar-refractivity contribution in [3.05, 3.63) is 53.1 Å². The molecule has 1 unspecified atom stereocenters. The van der Waals surface area contributed by atoms with Crippen molar-refractivity contribution < 1.29 is 4.74 Å². The van der Waals surface area contributed by atoms with E-state index in [0.717, 1.165) is 22.8 Å². The van der Waals surface area contributed by atoms with Crippen LogP contribution >= 0.6 is 23.4 Å². The molecule has 3 rings (SSSR count). The normalized spacial score (nSPS) is 17.0. The molecule has 0 spiro atoms. The fourth-order valence-electron chi connectivity index (χ4n) is 2.16. The van der Waals surface area contributed by atoms with Gasteiger partial charge in [-0.3, -0.25) is 0 Å². The Morgan fingerprint density at radius 1 is 1.26 bits per heavy atom. The van der Waals surface area contributed by atoms with E-state index in [4.69, 9.17) is 22.1 Å². The summed E-state index contributed by atoms with van der Waals surface area (Å²) in [5.41, 5.74) is 7.67. The molecule has 2 nitrogen and oxygen atoms in total. The van der Waals surface area contributed by atoms with Crippen LogP contribution in [0.5, 0.6) is 5.75 Å². The van der Waals surface area contributed by atoms with E-state index >= 15 is 0 Å². The molecule has 1 atom stereocenters. The number of hydrogen-bond donors (Lipinski definition) is 1. The number of fused-ring (bicyclic) bond motifs is 1. The van der Waals surface area contributed by atoms with Crippen LogP contribution in [0, 0.1) is 0 Å². The largest absolute Gasteiger partial charge is 0.489 e. The SMILES string of the molecule is Nc1ccc(SCC2Cc3ccccc3O2)c(Cl)c1. The van der Waals surface area contributed by atoms with Crippen molar-refractivity contribution in [3.8, 4) is 5.75 Å². The zero-order chi connectivity index (χ0) is 13.2. The number of para-hydroxylation sites is 1. The Morgan fingerprint density at radius 3 is 2.89 bits per heavy atom. The van der Waals surface area contributed by atoms with Crippen molar-refractivity contribution in [1.29, 1.82) is 0 Å². The molecular weight excluding hydrogens is 278 g/mol. The first kappa shape index (κ1) is 12.7. The first-order valence-electron chi connectivity index (χ1n) is 6.15. The highest BCUT2D eigenvalue weighted by Crippen LogP contribution is 2.33. The molecule has 1 heterocycles. The second kappa shape index (κ2) is 5.35. The van der Waals surface area contributed by atoms with E-state index in [9.17, 15) is 0 Å². The summed E-state index contributed by atoms with van der Waals surface area (Å²) in [6.07, 6.45) is 1.19. The van der Waals surface area contributed by atoms with Crippen LogP contribution in [0.4, 0.5) is 5.69 Å². The van der Waals surface area contributed by atoms with Crippen LogP contribution in [0.1, 0.15) is 5.56 Å².